The fourth-order valence-electron chi connectivity index (χ4n) is 1.61. The maximum atomic E-state index is 4.42. The van der Waals surface area contributed by atoms with Gasteiger partial charge in [0.25, 0.3) is 0 Å². The SMILES string of the molecule is Cc1nc(C)c(C(C)Nc2cccnn2)s1. The Morgan fingerprint density at radius 2 is 2.19 bits per heavy atom. The Bertz CT molecular complexity index is 466. The second-order valence-electron chi connectivity index (χ2n) is 3.66. The van der Waals surface area contributed by atoms with Gasteiger partial charge in [-0.1, -0.05) is 0 Å². The molecule has 0 aliphatic rings. The lowest BCUT2D eigenvalue weighted by Gasteiger charge is -2.12. The molecule has 0 aliphatic heterocycles. The molecule has 0 saturated heterocycles. The number of rotatable bonds is 3. The Labute approximate surface area is 98.8 Å². The summed E-state index contributed by atoms with van der Waals surface area (Å²) in [5.74, 6) is 0.792. The first-order chi connectivity index (χ1) is 7.66. The Morgan fingerprint density at radius 3 is 2.75 bits per heavy atom. The molecule has 0 radical (unpaired) electrons. The first-order valence-corrected chi connectivity index (χ1v) is 5.96. The van der Waals surface area contributed by atoms with Crippen LogP contribution in [0.5, 0.6) is 0 Å². The molecule has 1 atom stereocenters. The second kappa shape index (κ2) is 4.57. The van der Waals surface area contributed by atoms with Gasteiger partial charge in [0.2, 0.25) is 0 Å². The average molecular weight is 234 g/mol. The second-order valence-corrected chi connectivity index (χ2v) is 4.89. The fraction of sp³-hybridized carbons (Fsp3) is 0.364. The molecule has 1 N–H and O–H groups in total. The number of hydrogen-bond donors (Lipinski definition) is 1. The lowest BCUT2D eigenvalue weighted by molar-refractivity contribution is 0.865. The molecule has 2 rings (SSSR count). The zero-order valence-electron chi connectivity index (χ0n) is 9.56. The minimum Gasteiger partial charge on any atom is -0.361 e. The van der Waals surface area contributed by atoms with E-state index in [2.05, 4.69) is 27.4 Å². The number of hydrogen-bond acceptors (Lipinski definition) is 5. The molecule has 4 nitrogen and oxygen atoms in total. The van der Waals surface area contributed by atoms with Crippen LogP contribution in [-0.2, 0) is 0 Å². The molecule has 84 valence electrons. The maximum Gasteiger partial charge on any atom is 0.149 e. The van der Waals surface area contributed by atoms with E-state index in [0.717, 1.165) is 16.5 Å². The number of aromatic nitrogens is 3. The van der Waals surface area contributed by atoms with E-state index < -0.39 is 0 Å². The molecule has 5 heteroatoms. The fourth-order valence-corrected chi connectivity index (χ4v) is 2.54. The number of nitrogens with zero attached hydrogens (tertiary/aromatic N) is 3. The van der Waals surface area contributed by atoms with E-state index in [9.17, 15) is 0 Å². The molecule has 0 fully saturated rings. The quantitative estimate of drug-likeness (QED) is 0.887. The topological polar surface area (TPSA) is 50.7 Å². The van der Waals surface area contributed by atoms with Crippen LogP contribution < -0.4 is 5.32 Å². The zero-order valence-corrected chi connectivity index (χ0v) is 10.4. The number of aryl methyl sites for hydroxylation is 2. The summed E-state index contributed by atoms with van der Waals surface area (Å²) in [6.07, 6.45) is 1.66. The third kappa shape index (κ3) is 2.36. The molecular weight excluding hydrogens is 220 g/mol. The van der Waals surface area contributed by atoms with Crippen molar-refractivity contribution in [2.45, 2.75) is 26.8 Å². The Balaban J connectivity index is 2.14. The summed E-state index contributed by atoms with van der Waals surface area (Å²) in [4.78, 5) is 5.67. The van der Waals surface area contributed by atoms with Crippen LogP contribution in [0.1, 0.15) is 28.5 Å². The molecule has 2 aromatic rings. The summed E-state index contributed by atoms with van der Waals surface area (Å²) >= 11 is 1.72. The highest BCUT2D eigenvalue weighted by Gasteiger charge is 2.12. The summed E-state index contributed by atoms with van der Waals surface area (Å²) in [5, 5.41) is 12.2. The van der Waals surface area contributed by atoms with E-state index in [-0.39, 0.29) is 6.04 Å². The Kier molecular flexibility index (Phi) is 3.14. The van der Waals surface area contributed by atoms with Gasteiger partial charge in [-0.05, 0) is 32.9 Å². The van der Waals surface area contributed by atoms with Crippen molar-refractivity contribution in [2.24, 2.45) is 0 Å². The third-order valence-corrected chi connectivity index (χ3v) is 3.52. The van der Waals surface area contributed by atoms with Crippen LogP contribution in [0.15, 0.2) is 18.3 Å². The number of thiazole rings is 1. The predicted molar refractivity (Wildman–Crippen MR) is 65.7 cm³/mol. The highest BCUT2D eigenvalue weighted by molar-refractivity contribution is 7.11. The maximum absolute atomic E-state index is 4.42. The average Bonchev–Trinajstić information content (AvgIpc) is 2.59. The van der Waals surface area contributed by atoms with E-state index >= 15 is 0 Å². The normalized spacial score (nSPS) is 12.4. The molecule has 0 amide bonds. The largest absolute Gasteiger partial charge is 0.361 e. The van der Waals surface area contributed by atoms with Crippen molar-refractivity contribution in [2.75, 3.05) is 5.32 Å². The van der Waals surface area contributed by atoms with E-state index in [4.69, 9.17) is 0 Å². The van der Waals surface area contributed by atoms with Crippen molar-refractivity contribution in [3.8, 4) is 0 Å². The van der Waals surface area contributed by atoms with E-state index in [0.29, 0.717) is 0 Å². The van der Waals surface area contributed by atoms with Crippen LogP contribution in [-0.4, -0.2) is 15.2 Å². The minimum absolute atomic E-state index is 0.211. The van der Waals surface area contributed by atoms with Gasteiger partial charge in [0.15, 0.2) is 0 Å². The van der Waals surface area contributed by atoms with Crippen molar-refractivity contribution < 1.29 is 0 Å². The third-order valence-electron chi connectivity index (χ3n) is 2.27. The van der Waals surface area contributed by atoms with Gasteiger partial charge in [-0.3, -0.25) is 0 Å². The lowest BCUT2D eigenvalue weighted by atomic mass is 10.2. The molecule has 0 bridgehead atoms. The van der Waals surface area contributed by atoms with Gasteiger partial charge in [0, 0.05) is 11.1 Å². The standard InChI is InChI=1S/C11H14N4S/c1-7-11(16-9(3)13-7)8(2)14-10-5-4-6-12-15-10/h4-6,8H,1-3H3,(H,14,15). The van der Waals surface area contributed by atoms with Gasteiger partial charge in [0.05, 0.1) is 16.7 Å². The van der Waals surface area contributed by atoms with Crippen LogP contribution >= 0.6 is 11.3 Å². The van der Waals surface area contributed by atoms with Crippen molar-refractivity contribution in [1.82, 2.24) is 15.2 Å². The predicted octanol–water partition coefficient (Wildman–Crippen LogP) is 2.72. The summed E-state index contributed by atoms with van der Waals surface area (Å²) in [6, 6.07) is 3.99. The first kappa shape index (κ1) is 11.0. The molecule has 16 heavy (non-hydrogen) atoms. The highest BCUT2D eigenvalue weighted by Crippen LogP contribution is 2.26. The smallest absolute Gasteiger partial charge is 0.149 e. The minimum atomic E-state index is 0.211. The van der Waals surface area contributed by atoms with Crippen molar-refractivity contribution in [1.29, 1.82) is 0 Å². The molecule has 2 heterocycles. The van der Waals surface area contributed by atoms with E-state index in [1.165, 1.54) is 4.88 Å². The van der Waals surface area contributed by atoms with Gasteiger partial charge in [-0.2, -0.15) is 5.10 Å². The molecule has 0 saturated carbocycles. The van der Waals surface area contributed by atoms with E-state index in [1.807, 2.05) is 26.0 Å². The number of nitrogens with one attached hydrogen (secondary N) is 1. The summed E-state index contributed by atoms with van der Waals surface area (Å²) in [6.45, 7) is 6.17. The molecule has 1 unspecified atom stereocenters. The van der Waals surface area contributed by atoms with Gasteiger partial charge in [0.1, 0.15) is 5.82 Å². The molecule has 0 spiro atoms. The molecule has 0 aromatic carbocycles. The monoisotopic (exact) mass is 234 g/mol. The summed E-state index contributed by atoms with van der Waals surface area (Å²) < 4.78 is 0. The van der Waals surface area contributed by atoms with Crippen LogP contribution in [0.25, 0.3) is 0 Å². The van der Waals surface area contributed by atoms with Gasteiger partial charge in [-0.25, -0.2) is 4.98 Å². The Hall–Kier alpha value is -1.49. The van der Waals surface area contributed by atoms with Crippen LogP contribution in [0.3, 0.4) is 0 Å². The van der Waals surface area contributed by atoms with Crippen molar-refractivity contribution >= 4 is 17.2 Å². The number of anilines is 1. The summed E-state index contributed by atoms with van der Waals surface area (Å²) in [7, 11) is 0. The molecule has 2 aromatic heterocycles. The van der Waals surface area contributed by atoms with Gasteiger partial charge >= 0.3 is 0 Å². The highest BCUT2D eigenvalue weighted by atomic mass is 32.1. The zero-order chi connectivity index (χ0) is 11.5. The van der Waals surface area contributed by atoms with Gasteiger partial charge < -0.3 is 5.32 Å². The lowest BCUT2D eigenvalue weighted by Crippen LogP contribution is -2.07. The first-order valence-electron chi connectivity index (χ1n) is 5.15. The van der Waals surface area contributed by atoms with Crippen LogP contribution in [0, 0.1) is 13.8 Å². The molecule has 0 aliphatic carbocycles. The van der Waals surface area contributed by atoms with Crippen molar-refractivity contribution in [3.05, 3.63) is 33.9 Å². The van der Waals surface area contributed by atoms with E-state index in [1.54, 1.807) is 17.5 Å². The summed E-state index contributed by atoms with van der Waals surface area (Å²) in [5.41, 5.74) is 1.09. The van der Waals surface area contributed by atoms with Crippen LogP contribution in [0.2, 0.25) is 0 Å². The van der Waals surface area contributed by atoms with Gasteiger partial charge in [-0.15, -0.1) is 16.4 Å². The van der Waals surface area contributed by atoms with Crippen molar-refractivity contribution in [3.63, 3.8) is 0 Å². The van der Waals surface area contributed by atoms with Crippen LogP contribution in [0.4, 0.5) is 5.82 Å². The Morgan fingerprint density at radius 1 is 1.38 bits per heavy atom. The molecular formula is C11H14N4S.